The van der Waals surface area contributed by atoms with Crippen molar-refractivity contribution >= 4 is 33.3 Å². The number of hydrogen-bond donors (Lipinski definition) is 1. The van der Waals surface area contributed by atoms with Gasteiger partial charge in [0.2, 0.25) is 15.9 Å². The maximum absolute atomic E-state index is 13.6. The summed E-state index contributed by atoms with van der Waals surface area (Å²) < 4.78 is 33.8. The molecule has 0 aliphatic carbocycles. The van der Waals surface area contributed by atoms with E-state index in [1.165, 1.54) is 16.4 Å². The number of halogens is 1. The summed E-state index contributed by atoms with van der Waals surface area (Å²) in [5.41, 5.74) is 0.719. The Labute approximate surface area is 193 Å². The van der Waals surface area contributed by atoms with Gasteiger partial charge in [0.25, 0.3) is 0 Å². The van der Waals surface area contributed by atoms with E-state index in [0.29, 0.717) is 31.2 Å². The van der Waals surface area contributed by atoms with Crippen LogP contribution in [0.25, 0.3) is 0 Å². The average Bonchev–Trinajstić information content (AvgIpc) is 3.03. The molecule has 172 valence electrons. The fourth-order valence-corrected chi connectivity index (χ4v) is 5.70. The Hall–Kier alpha value is -2.20. The van der Waals surface area contributed by atoms with Gasteiger partial charge in [-0.3, -0.25) is 4.79 Å². The van der Waals surface area contributed by atoms with Crippen molar-refractivity contribution in [3.8, 4) is 0 Å². The molecular formula is C22H27ClN4O4S. The lowest BCUT2D eigenvalue weighted by atomic mass is 10.1. The Morgan fingerprint density at radius 1 is 1.12 bits per heavy atom. The molecule has 0 unspecified atom stereocenters. The standard InChI is InChI=1S/C22H27ClN4O4S/c23-18-5-7-19(8-6-18)32(29,30)27(20-3-1-2-10-24-22(20)28)16-17-4-9-21(25-15-17)26-11-13-31-14-12-26/h4-9,15,20H,1-3,10-14,16H2,(H,24,28)/t20-/m1/s1. The number of morpholine rings is 1. The first-order chi connectivity index (χ1) is 15.4. The maximum Gasteiger partial charge on any atom is 0.244 e. The number of pyridine rings is 1. The van der Waals surface area contributed by atoms with E-state index in [1.807, 2.05) is 12.1 Å². The quantitative estimate of drug-likeness (QED) is 0.685. The molecule has 2 aliphatic heterocycles. The average molecular weight is 479 g/mol. The number of carbonyl (C=O) groups is 1. The molecule has 0 saturated carbocycles. The van der Waals surface area contributed by atoms with E-state index in [1.54, 1.807) is 18.3 Å². The maximum atomic E-state index is 13.6. The van der Waals surface area contributed by atoms with Crippen molar-refractivity contribution in [2.75, 3.05) is 37.7 Å². The summed E-state index contributed by atoms with van der Waals surface area (Å²) in [6, 6.07) is 9.00. The molecule has 0 spiro atoms. The zero-order chi connectivity index (χ0) is 22.6. The third-order valence-electron chi connectivity index (χ3n) is 5.76. The van der Waals surface area contributed by atoms with Crippen LogP contribution in [0.1, 0.15) is 24.8 Å². The minimum Gasteiger partial charge on any atom is -0.378 e. The number of nitrogens with zero attached hydrogens (tertiary/aromatic N) is 3. The highest BCUT2D eigenvalue weighted by Gasteiger charge is 2.36. The lowest BCUT2D eigenvalue weighted by Gasteiger charge is -2.30. The molecule has 2 aromatic rings. The Morgan fingerprint density at radius 2 is 1.88 bits per heavy atom. The largest absolute Gasteiger partial charge is 0.378 e. The van der Waals surface area contributed by atoms with Crippen molar-refractivity contribution in [1.29, 1.82) is 0 Å². The smallest absolute Gasteiger partial charge is 0.244 e. The molecule has 0 bridgehead atoms. The molecule has 32 heavy (non-hydrogen) atoms. The molecule has 10 heteroatoms. The van der Waals surface area contributed by atoms with Gasteiger partial charge in [-0.25, -0.2) is 13.4 Å². The van der Waals surface area contributed by atoms with Gasteiger partial charge in [0, 0.05) is 37.4 Å². The molecule has 1 aromatic heterocycles. The van der Waals surface area contributed by atoms with Crippen LogP contribution in [0.2, 0.25) is 5.02 Å². The number of carbonyl (C=O) groups excluding carboxylic acids is 1. The van der Waals surface area contributed by atoms with E-state index >= 15 is 0 Å². The highest BCUT2D eigenvalue weighted by Crippen LogP contribution is 2.26. The van der Waals surface area contributed by atoms with Gasteiger partial charge in [-0.15, -0.1) is 0 Å². The number of aromatic nitrogens is 1. The van der Waals surface area contributed by atoms with Crippen LogP contribution in [0.4, 0.5) is 5.82 Å². The first-order valence-electron chi connectivity index (χ1n) is 10.8. The molecule has 2 saturated heterocycles. The topological polar surface area (TPSA) is 91.8 Å². The van der Waals surface area contributed by atoms with E-state index in [0.717, 1.165) is 37.3 Å². The molecule has 1 N–H and O–H groups in total. The Kier molecular flexibility index (Phi) is 7.30. The number of amides is 1. The summed E-state index contributed by atoms with van der Waals surface area (Å²) >= 11 is 5.95. The summed E-state index contributed by atoms with van der Waals surface area (Å²) in [6.45, 7) is 3.47. The zero-order valence-corrected chi connectivity index (χ0v) is 19.3. The molecule has 0 radical (unpaired) electrons. The highest BCUT2D eigenvalue weighted by molar-refractivity contribution is 7.89. The van der Waals surface area contributed by atoms with E-state index < -0.39 is 16.1 Å². The summed E-state index contributed by atoms with van der Waals surface area (Å²) in [5.74, 6) is 0.564. The summed E-state index contributed by atoms with van der Waals surface area (Å²) in [7, 11) is -3.94. The molecular weight excluding hydrogens is 452 g/mol. The van der Waals surface area contributed by atoms with E-state index in [9.17, 15) is 13.2 Å². The van der Waals surface area contributed by atoms with Gasteiger partial charge in [-0.05, 0) is 55.2 Å². The number of ether oxygens (including phenoxy) is 1. The highest BCUT2D eigenvalue weighted by atomic mass is 35.5. The molecule has 1 atom stereocenters. The molecule has 3 heterocycles. The molecule has 2 fully saturated rings. The summed E-state index contributed by atoms with van der Waals surface area (Å²) in [5, 5.41) is 3.30. The third-order valence-corrected chi connectivity index (χ3v) is 7.88. The molecule has 1 amide bonds. The first kappa shape index (κ1) is 23.0. The van der Waals surface area contributed by atoms with Crippen LogP contribution >= 0.6 is 11.6 Å². The van der Waals surface area contributed by atoms with Gasteiger partial charge in [-0.2, -0.15) is 4.31 Å². The summed E-state index contributed by atoms with van der Waals surface area (Å²) in [4.78, 5) is 19.5. The Morgan fingerprint density at radius 3 is 2.56 bits per heavy atom. The lowest BCUT2D eigenvalue weighted by molar-refractivity contribution is -0.124. The van der Waals surface area contributed by atoms with Crippen LogP contribution in [-0.4, -0.2) is 62.5 Å². The first-order valence-corrected chi connectivity index (χ1v) is 12.6. The van der Waals surface area contributed by atoms with Crippen molar-refractivity contribution in [3.63, 3.8) is 0 Å². The fourth-order valence-electron chi connectivity index (χ4n) is 3.97. The van der Waals surface area contributed by atoms with E-state index in [2.05, 4.69) is 15.2 Å². The SMILES string of the molecule is O=C1NCCCC[C@H]1N(Cc1ccc(N2CCOCC2)nc1)S(=O)(=O)c1ccc(Cl)cc1. The molecule has 4 rings (SSSR count). The number of benzene rings is 1. The number of hydrogen-bond acceptors (Lipinski definition) is 6. The van der Waals surface area contributed by atoms with Crippen molar-refractivity contribution in [1.82, 2.24) is 14.6 Å². The van der Waals surface area contributed by atoms with Crippen molar-refractivity contribution in [2.24, 2.45) is 0 Å². The summed E-state index contributed by atoms with van der Waals surface area (Å²) in [6.07, 6.45) is 3.75. The number of anilines is 1. The van der Waals surface area contributed by atoms with Gasteiger partial charge in [0.1, 0.15) is 11.9 Å². The molecule has 8 nitrogen and oxygen atoms in total. The minimum atomic E-state index is -3.94. The van der Waals surface area contributed by atoms with Crippen LogP contribution in [-0.2, 0) is 26.1 Å². The van der Waals surface area contributed by atoms with Gasteiger partial charge in [0.15, 0.2) is 0 Å². The van der Waals surface area contributed by atoms with Crippen molar-refractivity contribution in [3.05, 3.63) is 53.2 Å². The van der Waals surface area contributed by atoms with Gasteiger partial charge in [0.05, 0.1) is 18.1 Å². The second kappa shape index (κ2) is 10.2. The van der Waals surface area contributed by atoms with Gasteiger partial charge < -0.3 is 15.0 Å². The predicted molar refractivity (Wildman–Crippen MR) is 122 cm³/mol. The zero-order valence-electron chi connectivity index (χ0n) is 17.7. The van der Waals surface area contributed by atoms with Crippen LogP contribution in [0.5, 0.6) is 0 Å². The monoisotopic (exact) mass is 478 g/mol. The van der Waals surface area contributed by atoms with Crippen LogP contribution in [0.15, 0.2) is 47.5 Å². The molecule has 2 aliphatic rings. The van der Waals surface area contributed by atoms with Crippen molar-refractivity contribution < 1.29 is 17.9 Å². The van der Waals surface area contributed by atoms with Crippen molar-refractivity contribution in [2.45, 2.75) is 36.7 Å². The van der Waals surface area contributed by atoms with Crippen LogP contribution < -0.4 is 10.2 Å². The number of sulfonamides is 1. The second-order valence-corrected chi connectivity index (χ2v) is 10.3. The predicted octanol–water partition coefficient (Wildman–Crippen LogP) is 2.43. The fraction of sp³-hybridized carbons (Fsp3) is 0.455. The second-order valence-electron chi connectivity index (χ2n) is 7.93. The Balaban J connectivity index is 1.63. The van der Waals surface area contributed by atoms with Crippen LogP contribution in [0, 0.1) is 0 Å². The lowest BCUT2D eigenvalue weighted by Crippen LogP contribution is -2.48. The number of nitrogens with one attached hydrogen (secondary N) is 1. The van der Waals surface area contributed by atoms with Gasteiger partial charge >= 0.3 is 0 Å². The third kappa shape index (κ3) is 5.23. The minimum absolute atomic E-state index is 0.0550. The van der Waals surface area contributed by atoms with Crippen LogP contribution in [0.3, 0.4) is 0 Å². The van der Waals surface area contributed by atoms with Gasteiger partial charge in [-0.1, -0.05) is 17.7 Å². The normalized spacial score (nSPS) is 20.1. The van der Waals surface area contributed by atoms with E-state index in [-0.39, 0.29) is 17.3 Å². The molecule has 1 aromatic carbocycles. The van der Waals surface area contributed by atoms with E-state index in [4.69, 9.17) is 16.3 Å². The number of rotatable bonds is 6. The Bertz CT molecular complexity index is 1020.